The minimum absolute atomic E-state index is 0.0690. The van der Waals surface area contributed by atoms with Crippen LogP contribution in [0, 0.1) is 13.8 Å². The summed E-state index contributed by atoms with van der Waals surface area (Å²) in [5.74, 6) is 1.34. The largest absolute Gasteiger partial charge is 0.482 e. The van der Waals surface area contributed by atoms with Crippen LogP contribution in [0.3, 0.4) is 0 Å². The van der Waals surface area contributed by atoms with Crippen LogP contribution in [-0.4, -0.2) is 29.9 Å². The van der Waals surface area contributed by atoms with Crippen LogP contribution in [-0.2, 0) is 16.1 Å². The smallest absolute Gasteiger partial charge is 0.265 e. The number of carbonyl (C=O) groups is 2. The van der Waals surface area contributed by atoms with E-state index in [9.17, 15) is 9.59 Å². The Kier molecular flexibility index (Phi) is 5.84. The Morgan fingerprint density at radius 3 is 2.81 bits per heavy atom. The van der Waals surface area contributed by atoms with Gasteiger partial charge in [-0.3, -0.25) is 14.5 Å². The number of rotatable bonds is 6. The first-order chi connectivity index (χ1) is 15.0. The number of pyridine rings is 1. The van der Waals surface area contributed by atoms with Gasteiger partial charge in [-0.05, 0) is 48.7 Å². The van der Waals surface area contributed by atoms with Gasteiger partial charge in [0.05, 0.1) is 5.69 Å². The van der Waals surface area contributed by atoms with Crippen LogP contribution in [0.5, 0.6) is 17.4 Å². The van der Waals surface area contributed by atoms with Gasteiger partial charge in [-0.25, -0.2) is 4.98 Å². The molecule has 0 radical (unpaired) electrons. The summed E-state index contributed by atoms with van der Waals surface area (Å²) in [7, 11) is 0. The number of aryl methyl sites for hydroxylation is 2. The molecule has 0 aliphatic carbocycles. The van der Waals surface area contributed by atoms with Gasteiger partial charge in [-0.15, -0.1) is 0 Å². The lowest BCUT2D eigenvalue weighted by Crippen LogP contribution is -2.45. The second-order valence-corrected chi connectivity index (χ2v) is 7.39. The Labute approximate surface area is 180 Å². The molecule has 7 nitrogen and oxygen atoms in total. The Morgan fingerprint density at radius 1 is 1.16 bits per heavy atom. The highest BCUT2D eigenvalue weighted by Crippen LogP contribution is 2.31. The molecule has 2 heterocycles. The minimum atomic E-state index is -0.263. The van der Waals surface area contributed by atoms with Crippen molar-refractivity contribution in [2.24, 2.45) is 0 Å². The van der Waals surface area contributed by atoms with Crippen LogP contribution in [0.25, 0.3) is 0 Å². The van der Waals surface area contributed by atoms with E-state index in [1.54, 1.807) is 30.5 Å². The molecule has 2 aromatic carbocycles. The van der Waals surface area contributed by atoms with Crippen molar-refractivity contribution in [3.05, 3.63) is 77.5 Å². The maximum atomic E-state index is 12.4. The first-order valence-corrected chi connectivity index (χ1v) is 9.98. The molecule has 0 spiro atoms. The Hall–Kier alpha value is -3.87. The molecule has 31 heavy (non-hydrogen) atoms. The second-order valence-electron chi connectivity index (χ2n) is 7.39. The second kappa shape index (κ2) is 8.87. The summed E-state index contributed by atoms with van der Waals surface area (Å²) in [6, 6.07) is 16.8. The predicted octanol–water partition coefficient (Wildman–Crippen LogP) is 3.53. The standard InChI is InChI=1S/C24H23N3O4/c1-16-7-8-17(2)21(11-16)31-23-10-9-18(13-26-23)12-25-22(28)14-27-19-5-3-4-6-20(19)30-15-24(27)29/h3-11,13H,12,14-15H2,1-2H3,(H,25,28). The lowest BCUT2D eigenvalue weighted by atomic mass is 10.1. The Bertz CT molecular complexity index is 1110. The third kappa shape index (κ3) is 4.83. The molecule has 0 saturated heterocycles. The molecule has 0 bridgehead atoms. The summed E-state index contributed by atoms with van der Waals surface area (Å²) >= 11 is 0. The van der Waals surface area contributed by atoms with E-state index in [0.29, 0.717) is 23.9 Å². The maximum absolute atomic E-state index is 12.4. The third-order valence-corrected chi connectivity index (χ3v) is 4.96. The zero-order chi connectivity index (χ0) is 21.8. The number of benzene rings is 2. The molecule has 1 aromatic heterocycles. The van der Waals surface area contributed by atoms with Crippen LogP contribution in [0.15, 0.2) is 60.8 Å². The lowest BCUT2D eigenvalue weighted by molar-refractivity contribution is -0.125. The van der Waals surface area contributed by atoms with Gasteiger partial charge in [0.25, 0.3) is 5.91 Å². The summed E-state index contributed by atoms with van der Waals surface area (Å²) in [4.78, 5) is 30.4. The number of anilines is 1. The maximum Gasteiger partial charge on any atom is 0.265 e. The number of fused-ring (bicyclic) bond motifs is 1. The molecule has 158 valence electrons. The minimum Gasteiger partial charge on any atom is -0.482 e. The quantitative estimate of drug-likeness (QED) is 0.664. The molecular weight excluding hydrogens is 394 g/mol. The van der Waals surface area contributed by atoms with Crippen LogP contribution in [0.1, 0.15) is 16.7 Å². The van der Waals surface area contributed by atoms with E-state index in [-0.39, 0.29) is 25.0 Å². The van der Waals surface area contributed by atoms with Gasteiger partial charge >= 0.3 is 0 Å². The van der Waals surface area contributed by atoms with Crippen molar-refractivity contribution < 1.29 is 19.1 Å². The molecule has 1 aliphatic rings. The lowest BCUT2D eigenvalue weighted by Gasteiger charge is -2.28. The highest BCUT2D eigenvalue weighted by atomic mass is 16.5. The normalized spacial score (nSPS) is 12.7. The fourth-order valence-corrected chi connectivity index (χ4v) is 3.23. The van der Waals surface area contributed by atoms with Crippen molar-refractivity contribution in [1.29, 1.82) is 0 Å². The number of nitrogens with one attached hydrogen (secondary N) is 1. The SMILES string of the molecule is Cc1ccc(C)c(Oc2ccc(CNC(=O)CN3C(=O)COc4ccccc43)cn2)c1. The molecule has 2 amide bonds. The Morgan fingerprint density at radius 2 is 2.00 bits per heavy atom. The number of ether oxygens (including phenoxy) is 2. The van der Waals surface area contributed by atoms with E-state index >= 15 is 0 Å². The van der Waals surface area contributed by atoms with Gasteiger partial charge in [0.15, 0.2) is 6.61 Å². The molecule has 0 fully saturated rings. The van der Waals surface area contributed by atoms with Gasteiger partial charge in [-0.2, -0.15) is 0 Å². The number of amides is 2. The zero-order valence-electron chi connectivity index (χ0n) is 17.4. The molecule has 7 heteroatoms. The summed E-state index contributed by atoms with van der Waals surface area (Å²) in [5, 5.41) is 2.83. The fourth-order valence-electron chi connectivity index (χ4n) is 3.23. The molecule has 0 atom stereocenters. The number of aromatic nitrogens is 1. The summed E-state index contributed by atoms with van der Waals surface area (Å²) < 4.78 is 11.3. The average Bonchev–Trinajstić information content (AvgIpc) is 2.78. The van der Waals surface area contributed by atoms with E-state index < -0.39 is 0 Å². The van der Waals surface area contributed by atoms with E-state index in [0.717, 1.165) is 22.4 Å². The van der Waals surface area contributed by atoms with Gasteiger partial charge in [0.2, 0.25) is 11.8 Å². The number of nitrogens with zero attached hydrogens (tertiary/aromatic N) is 2. The van der Waals surface area contributed by atoms with Crippen molar-refractivity contribution >= 4 is 17.5 Å². The van der Waals surface area contributed by atoms with Crippen LogP contribution in [0.2, 0.25) is 0 Å². The molecule has 1 N–H and O–H groups in total. The van der Waals surface area contributed by atoms with E-state index in [1.165, 1.54) is 4.90 Å². The first kappa shape index (κ1) is 20.4. The highest BCUT2D eigenvalue weighted by molar-refractivity contribution is 6.02. The van der Waals surface area contributed by atoms with Crippen LogP contribution >= 0.6 is 0 Å². The van der Waals surface area contributed by atoms with Gasteiger partial charge < -0.3 is 14.8 Å². The molecular formula is C24H23N3O4. The van der Waals surface area contributed by atoms with Crippen molar-refractivity contribution in [3.63, 3.8) is 0 Å². The van der Waals surface area contributed by atoms with Crippen LogP contribution < -0.4 is 19.7 Å². The van der Waals surface area contributed by atoms with Crippen molar-refractivity contribution in [2.75, 3.05) is 18.1 Å². The molecule has 0 unspecified atom stereocenters. The molecule has 3 aromatic rings. The number of para-hydroxylation sites is 2. The fraction of sp³-hybridized carbons (Fsp3) is 0.208. The van der Waals surface area contributed by atoms with Gasteiger partial charge in [-0.1, -0.05) is 30.3 Å². The van der Waals surface area contributed by atoms with Crippen LogP contribution in [0.4, 0.5) is 5.69 Å². The van der Waals surface area contributed by atoms with E-state index in [1.807, 2.05) is 44.2 Å². The van der Waals surface area contributed by atoms with E-state index in [4.69, 9.17) is 9.47 Å². The number of hydrogen-bond acceptors (Lipinski definition) is 5. The molecule has 4 rings (SSSR count). The first-order valence-electron chi connectivity index (χ1n) is 9.98. The Balaban J connectivity index is 1.34. The van der Waals surface area contributed by atoms with E-state index in [2.05, 4.69) is 10.3 Å². The summed E-state index contributed by atoms with van der Waals surface area (Å²) in [6.07, 6.45) is 1.66. The van der Waals surface area contributed by atoms with Crippen molar-refractivity contribution in [1.82, 2.24) is 10.3 Å². The molecule has 1 aliphatic heterocycles. The van der Waals surface area contributed by atoms with Gasteiger partial charge in [0, 0.05) is 18.8 Å². The van der Waals surface area contributed by atoms with Crippen molar-refractivity contribution in [3.8, 4) is 17.4 Å². The highest BCUT2D eigenvalue weighted by Gasteiger charge is 2.26. The number of hydrogen-bond donors (Lipinski definition) is 1. The zero-order valence-corrected chi connectivity index (χ0v) is 17.4. The summed E-state index contributed by atoms with van der Waals surface area (Å²) in [6.45, 7) is 4.15. The summed E-state index contributed by atoms with van der Waals surface area (Å²) in [5.41, 5.74) is 3.57. The third-order valence-electron chi connectivity index (χ3n) is 4.96. The monoisotopic (exact) mass is 417 g/mol. The average molecular weight is 417 g/mol. The number of carbonyl (C=O) groups excluding carboxylic acids is 2. The van der Waals surface area contributed by atoms with Crippen molar-refractivity contribution in [2.45, 2.75) is 20.4 Å². The topological polar surface area (TPSA) is 80.8 Å². The van der Waals surface area contributed by atoms with Gasteiger partial charge in [0.1, 0.15) is 18.0 Å². The molecule has 0 saturated carbocycles. The predicted molar refractivity (Wildman–Crippen MR) is 116 cm³/mol.